The smallest absolute Gasteiger partial charge is 0.315 e. The van der Waals surface area contributed by atoms with Gasteiger partial charge in [0, 0.05) is 11.4 Å². The number of aryl methyl sites for hydroxylation is 2. The quantitative estimate of drug-likeness (QED) is 0.821. The molecule has 0 bridgehead atoms. The molecule has 2 N–H and O–H groups in total. The summed E-state index contributed by atoms with van der Waals surface area (Å²) in [6.07, 6.45) is 0.832. The SMILES string of the molecule is Cc1ccc(CCNC(=O)NC(C)c2ccc(Cl)s2)c(C)c1. The van der Waals surface area contributed by atoms with E-state index in [4.69, 9.17) is 11.6 Å². The summed E-state index contributed by atoms with van der Waals surface area (Å²) in [6.45, 7) is 6.76. The van der Waals surface area contributed by atoms with Crippen molar-refractivity contribution in [3.8, 4) is 0 Å². The maximum Gasteiger partial charge on any atom is 0.315 e. The molecule has 2 rings (SSSR count). The van der Waals surface area contributed by atoms with Gasteiger partial charge in [0.25, 0.3) is 0 Å². The minimum absolute atomic E-state index is 0.0430. The minimum atomic E-state index is -0.151. The molecule has 5 heteroatoms. The van der Waals surface area contributed by atoms with E-state index in [2.05, 4.69) is 42.7 Å². The third kappa shape index (κ3) is 4.75. The highest BCUT2D eigenvalue weighted by Crippen LogP contribution is 2.26. The molecule has 0 aliphatic rings. The van der Waals surface area contributed by atoms with Crippen molar-refractivity contribution in [3.63, 3.8) is 0 Å². The van der Waals surface area contributed by atoms with E-state index in [1.54, 1.807) is 0 Å². The minimum Gasteiger partial charge on any atom is -0.338 e. The summed E-state index contributed by atoms with van der Waals surface area (Å²) in [5.74, 6) is 0. The van der Waals surface area contributed by atoms with Crippen LogP contribution in [0, 0.1) is 13.8 Å². The van der Waals surface area contributed by atoms with Crippen molar-refractivity contribution >= 4 is 29.0 Å². The van der Waals surface area contributed by atoms with Gasteiger partial charge in [-0.2, -0.15) is 0 Å². The standard InChI is InChI=1S/C17H21ClN2OS/c1-11-4-5-14(12(2)10-11)8-9-19-17(21)20-13(3)15-6-7-16(18)22-15/h4-7,10,13H,8-9H2,1-3H3,(H2,19,20,21). The number of halogens is 1. The highest BCUT2D eigenvalue weighted by molar-refractivity contribution is 7.16. The zero-order valence-corrected chi connectivity index (χ0v) is 14.6. The fraction of sp³-hybridized carbons (Fsp3) is 0.353. The van der Waals surface area contributed by atoms with E-state index in [0.717, 1.165) is 15.6 Å². The fourth-order valence-electron chi connectivity index (χ4n) is 2.32. The molecule has 1 unspecified atom stereocenters. The molecule has 0 saturated heterocycles. The summed E-state index contributed by atoms with van der Waals surface area (Å²) in [5, 5.41) is 5.82. The lowest BCUT2D eigenvalue weighted by Gasteiger charge is -2.13. The number of carbonyl (C=O) groups excluding carboxylic acids is 1. The molecular formula is C17H21ClN2OS. The second kappa shape index (κ2) is 7.65. The van der Waals surface area contributed by atoms with E-state index in [-0.39, 0.29) is 12.1 Å². The Labute approximate surface area is 140 Å². The van der Waals surface area contributed by atoms with Crippen LogP contribution in [0.3, 0.4) is 0 Å². The van der Waals surface area contributed by atoms with Crippen LogP contribution < -0.4 is 10.6 Å². The molecule has 0 fully saturated rings. The Kier molecular flexibility index (Phi) is 5.86. The van der Waals surface area contributed by atoms with Gasteiger partial charge in [0.05, 0.1) is 10.4 Å². The summed E-state index contributed by atoms with van der Waals surface area (Å²) >= 11 is 7.39. The van der Waals surface area contributed by atoms with Crippen LogP contribution in [0.25, 0.3) is 0 Å². The number of thiophene rings is 1. The highest BCUT2D eigenvalue weighted by Gasteiger charge is 2.11. The number of nitrogens with one attached hydrogen (secondary N) is 2. The van der Waals surface area contributed by atoms with E-state index < -0.39 is 0 Å². The zero-order valence-electron chi connectivity index (χ0n) is 13.1. The van der Waals surface area contributed by atoms with E-state index in [0.29, 0.717) is 6.54 Å². The molecule has 2 aromatic rings. The van der Waals surface area contributed by atoms with Crippen molar-refractivity contribution in [2.24, 2.45) is 0 Å². The van der Waals surface area contributed by atoms with Crippen LogP contribution in [-0.2, 0) is 6.42 Å². The van der Waals surface area contributed by atoms with Crippen molar-refractivity contribution in [2.45, 2.75) is 33.2 Å². The van der Waals surface area contributed by atoms with Crippen LogP contribution in [0.15, 0.2) is 30.3 Å². The Morgan fingerprint density at radius 3 is 2.68 bits per heavy atom. The van der Waals surface area contributed by atoms with Gasteiger partial charge < -0.3 is 10.6 Å². The molecule has 1 aromatic heterocycles. The number of benzene rings is 1. The maximum atomic E-state index is 11.9. The molecule has 0 spiro atoms. The molecule has 0 aliphatic carbocycles. The molecule has 22 heavy (non-hydrogen) atoms. The molecule has 0 radical (unpaired) electrons. The fourth-order valence-corrected chi connectivity index (χ4v) is 3.38. The Balaban J connectivity index is 1.78. The molecule has 0 saturated carbocycles. The van der Waals surface area contributed by atoms with Gasteiger partial charge in [-0.15, -0.1) is 11.3 Å². The summed E-state index contributed by atoms with van der Waals surface area (Å²) in [6, 6.07) is 9.98. The second-order valence-electron chi connectivity index (χ2n) is 5.44. The molecule has 2 amide bonds. The molecule has 1 atom stereocenters. The van der Waals surface area contributed by atoms with Gasteiger partial charge in [0.1, 0.15) is 0 Å². The van der Waals surface area contributed by atoms with Crippen LogP contribution in [0.4, 0.5) is 4.79 Å². The van der Waals surface area contributed by atoms with Crippen molar-refractivity contribution in [3.05, 3.63) is 56.2 Å². The lowest BCUT2D eigenvalue weighted by atomic mass is 10.0. The Bertz CT molecular complexity index is 654. The molecule has 3 nitrogen and oxygen atoms in total. The maximum absolute atomic E-state index is 11.9. The van der Waals surface area contributed by atoms with Gasteiger partial charge in [0.15, 0.2) is 0 Å². The average Bonchev–Trinajstić information content (AvgIpc) is 2.88. The number of hydrogen-bond acceptors (Lipinski definition) is 2. The summed E-state index contributed by atoms with van der Waals surface area (Å²) in [7, 11) is 0. The highest BCUT2D eigenvalue weighted by atomic mass is 35.5. The first kappa shape index (κ1) is 16.8. The summed E-state index contributed by atoms with van der Waals surface area (Å²) in [4.78, 5) is 13.0. The number of amides is 2. The second-order valence-corrected chi connectivity index (χ2v) is 7.19. The third-order valence-corrected chi connectivity index (χ3v) is 4.96. The Morgan fingerprint density at radius 2 is 2.05 bits per heavy atom. The van der Waals surface area contributed by atoms with E-state index in [1.165, 1.54) is 28.0 Å². The van der Waals surface area contributed by atoms with Gasteiger partial charge >= 0.3 is 6.03 Å². The summed E-state index contributed by atoms with van der Waals surface area (Å²) in [5.41, 5.74) is 3.79. The Hall–Kier alpha value is -1.52. The van der Waals surface area contributed by atoms with Crippen LogP contribution in [0.5, 0.6) is 0 Å². The number of urea groups is 1. The molecule has 118 valence electrons. The van der Waals surface area contributed by atoms with Crippen LogP contribution >= 0.6 is 22.9 Å². The van der Waals surface area contributed by atoms with Gasteiger partial charge in [0.2, 0.25) is 0 Å². The monoisotopic (exact) mass is 336 g/mol. The van der Waals surface area contributed by atoms with Crippen molar-refractivity contribution in [2.75, 3.05) is 6.54 Å². The predicted octanol–water partition coefficient (Wildman–Crippen LogP) is 4.62. The molecular weight excluding hydrogens is 316 g/mol. The molecule has 1 aromatic carbocycles. The van der Waals surface area contributed by atoms with E-state index in [1.807, 2.05) is 19.1 Å². The van der Waals surface area contributed by atoms with E-state index >= 15 is 0 Å². The van der Waals surface area contributed by atoms with Crippen molar-refractivity contribution < 1.29 is 4.79 Å². The van der Waals surface area contributed by atoms with Gasteiger partial charge in [-0.1, -0.05) is 35.4 Å². The van der Waals surface area contributed by atoms with Gasteiger partial charge in [-0.3, -0.25) is 0 Å². The number of hydrogen-bond donors (Lipinski definition) is 2. The first-order valence-corrected chi connectivity index (χ1v) is 8.51. The zero-order chi connectivity index (χ0) is 16.1. The first-order chi connectivity index (χ1) is 10.5. The lowest BCUT2D eigenvalue weighted by Crippen LogP contribution is -2.37. The number of carbonyl (C=O) groups is 1. The topological polar surface area (TPSA) is 41.1 Å². The lowest BCUT2D eigenvalue weighted by molar-refractivity contribution is 0.238. The predicted molar refractivity (Wildman–Crippen MR) is 93.9 cm³/mol. The van der Waals surface area contributed by atoms with Crippen molar-refractivity contribution in [1.82, 2.24) is 10.6 Å². The molecule has 1 heterocycles. The van der Waals surface area contributed by atoms with Crippen molar-refractivity contribution in [1.29, 1.82) is 0 Å². The summed E-state index contributed by atoms with van der Waals surface area (Å²) < 4.78 is 0.735. The van der Waals surface area contributed by atoms with E-state index in [9.17, 15) is 4.79 Å². The van der Waals surface area contributed by atoms with Crippen LogP contribution in [0.2, 0.25) is 4.34 Å². The van der Waals surface area contributed by atoms with Crippen LogP contribution in [-0.4, -0.2) is 12.6 Å². The van der Waals surface area contributed by atoms with Gasteiger partial charge in [-0.25, -0.2) is 4.79 Å². The normalized spacial score (nSPS) is 12.0. The first-order valence-electron chi connectivity index (χ1n) is 7.31. The average molecular weight is 337 g/mol. The third-order valence-electron chi connectivity index (χ3n) is 3.55. The largest absolute Gasteiger partial charge is 0.338 e. The number of rotatable bonds is 5. The van der Waals surface area contributed by atoms with Crippen LogP contribution in [0.1, 0.15) is 34.5 Å². The molecule has 0 aliphatic heterocycles. The Morgan fingerprint density at radius 1 is 1.27 bits per heavy atom. The van der Waals surface area contributed by atoms with Gasteiger partial charge in [-0.05, 0) is 50.5 Å².